The van der Waals surface area contributed by atoms with Crippen molar-refractivity contribution in [2.75, 3.05) is 34.5 Å². The van der Waals surface area contributed by atoms with E-state index in [2.05, 4.69) is 0 Å². The number of thioether (sulfide) groups is 2. The van der Waals surface area contributed by atoms with E-state index >= 15 is 0 Å². The molecule has 4 heterocycles. The smallest absolute Gasteiger partial charge is 0.253 e. The molecule has 0 radical (unpaired) electrons. The minimum absolute atomic E-state index is 0.0235. The van der Waals surface area contributed by atoms with Crippen LogP contribution in [0.3, 0.4) is 0 Å². The van der Waals surface area contributed by atoms with Gasteiger partial charge >= 0.3 is 0 Å². The Morgan fingerprint density at radius 2 is 1.07 bits per heavy atom. The van der Waals surface area contributed by atoms with Gasteiger partial charge in [-0.05, 0) is 83.8 Å². The van der Waals surface area contributed by atoms with Crippen LogP contribution in [0.4, 0.5) is 0 Å². The van der Waals surface area contributed by atoms with E-state index in [4.69, 9.17) is 25.3 Å². The summed E-state index contributed by atoms with van der Waals surface area (Å²) in [7, 11) is -1.96. The third-order valence-electron chi connectivity index (χ3n) is 8.00. The van der Waals surface area contributed by atoms with Gasteiger partial charge in [0.2, 0.25) is 0 Å². The van der Waals surface area contributed by atoms with Crippen LogP contribution in [0, 0.1) is 0 Å². The fraction of sp³-hybridized carbons (Fsp3) is 0.655. The highest BCUT2D eigenvalue weighted by Gasteiger charge is 2.29. The number of rotatable bonds is 14. The summed E-state index contributed by atoms with van der Waals surface area (Å²) in [5, 5.41) is 1.53. The first kappa shape index (κ1) is 33.5. The summed E-state index contributed by atoms with van der Waals surface area (Å²) < 4.78 is 28.9. The van der Waals surface area contributed by atoms with E-state index in [9.17, 15) is 18.0 Å². The second-order valence-corrected chi connectivity index (χ2v) is 18.6. The van der Waals surface area contributed by atoms with Gasteiger partial charge in [0.05, 0.1) is 10.1 Å². The average molecular weight is 675 g/mol. The van der Waals surface area contributed by atoms with Crippen molar-refractivity contribution in [1.29, 1.82) is 0 Å². The second kappa shape index (κ2) is 14.1. The fourth-order valence-electron chi connectivity index (χ4n) is 5.79. The van der Waals surface area contributed by atoms with Gasteiger partial charge in [0.1, 0.15) is 0 Å². The minimum Gasteiger partial charge on any atom is -0.297 e. The zero-order valence-corrected chi connectivity index (χ0v) is 29.5. The predicted molar refractivity (Wildman–Crippen MR) is 182 cm³/mol. The molecule has 6 nitrogen and oxygen atoms in total. The summed E-state index contributed by atoms with van der Waals surface area (Å²) in [5.74, 6) is 4.19. The highest BCUT2D eigenvalue weighted by molar-refractivity contribution is 7.99. The molecule has 41 heavy (non-hydrogen) atoms. The van der Waals surface area contributed by atoms with Crippen molar-refractivity contribution in [3.8, 4) is 0 Å². The molecule has 4 rings (SSSR count). The number of aromatic nitrogens is 2. The van der Waals surface area contributed by atoms with E-state index in [1.165, 1.54) is 0 Å². The van der Waals surface area contributed by atoms with Crippen molar-refractivity contribution in [3.63, 3.8) is 0 Å². The first-order valence-corrected chi connectivity index (χ1v) is 20.1. The standard InChI is InChI=1S/C29H42N2O4S6/c1-28(2,30-24(32)18-22-20(26(30)36)8-12-38-22)10-5-14-40(34)16-7-17-41(35)15-6-11-29(3,4)31-25(33)19-23-21(27(31)37)9-13-39-23/h18-19,36-37H,5-17H2,1-4H3. The Bertz CT molecular complexity index is 1340. The molecule has 0 fully saturated rings. The predicted octanol–water partition coefficient (Wildman–Crippen LogP) is 5.50. The number of thiol groups is 2. The van der Waals surface area contributed by atoms with Gasteiger partial charge in [-0.15, -0.1) is 48.8 Å². The maximum atomic E-state index is 12.8. The lowest BCUT2D eigenvalue weighted by Gasteiger charge is -2.30. The molecule has 2 aliphatic heterocycles. The monoisotopic (exact) mass is 674 g/mol. The fourth-order valence-corrected chi connectivity index (χ4v) is 11.8. The van der Waals surface area contributed by atoms with E-state index < -0.39 is 32.7 Å². The third-order valence-corrected chi connectivity index (χ3v) is 14.1. The third kappa shape index (κ3) is 8.01. The van der Waals surface area contributed by atoms with Gasteiger partial charge in [0.15, 0.2) is 0 Å². The highest BCUT2D eigenvalue weighted by Crippen LogP contribution is 2.37. The Kier molecular flexibility index (Phi) is 11.5. The summed E-state index contributed by atoms with van der Waals surface area (Å²) in [4.78, 5) is 27.7. The van der Waals surface area contributed by atoms with E-state index in [-0.39, 0.29) is 11.1 Å². The quantitative estimate of drug-likeness (QED) is 0.258. The number of hydrogen-bond acceptors (Lipinski definition) is 8. The lowest BCUT2D eigenvalue weighted by molar-refractivity contribution is 0.291. The van der Waals surface area contributed by atoms with Gasteiger partial charge in [-0.3, -0.25) is 27.1 Å². The van der Waals surface area contributed by atoms with Crippen molar-refractivity contribution < 1.29 is 8.42 Å². The van der Waals surface area contributed by atoms with E-state index in [1.54, 1.807) is 44.8 Å². The lowest BCUT2D eigenvalue weighted by atomic mass is 9.98. The summed E-state index contributed by atoms with van der Waals surface area (Å²) >= 11 is 12.9. The molecule has 0 aromatic carbocycles. The molecular formula is C29H42N2O4S6. The van der Waals surface area contributed by atoms with Crippen LogP contribution in [0.5, 0.6) is 0 Å². The maximum absolute atomic E-state index is 12.8. The van der Waals surface area contributed by atoms with E-state index in [0.29, 0.717) is 29.4 Å². The van der Waals surface area contributed by atoms with Crippen molar-refractivity contribution >= 4 is 70.4 Å². The van der Waals surface area contributed by atoms with E-state index in [0.717, 1.165) is 81.0 Å². The topological polar surface area (TPSA) is 78.1 Å². The molecule has 0 N–H and O–H groups in total. The first-order valence-electron chi connectivity index (χ1n) is 14.2. The Morgan fingerprint density at radius 3 is 1.46 bits per heavy atom. The Hall–Kier alpha value is -0.400. The molecule has 228 valence electrons. The van der Waals surface area contributed by atoms with Crippen molar-refractivity contribution in [3.05, 3.63) is 44.0 Å². The van der Waals surface area contributed by atoms with Crippen molar-refractivity contribution in [2.45, 2.75) is 104 Å². The maximum Gasteiger partial charge on any atom is 0.253 e. The molecule has 2 aromatic heterocycles. The van der Waals surface area contributed by atoms with Crippen LogP contribution in [0.1, 0.15) is 70.9 Å². The number of pyridine rings is 2. The summed E-state index contributed by atoms with van der Waals surface area (Å²) in [5.41, 5.74) is 1.46. The molecule has 2 aromatic rings. The summed E-state index contributed by atoms with van der Waals surface area (Å²) in [6, 6.07) is 3.47. The van der Waals surface area contributed by atoms with Gasteiger partial charge in [0.25, 0.3) is 11.1 Å². The SMILES string of the molecule is CC(C)(CCCS(=O)CCCS(=O)CCCC(C)(C)n1c(S)c2c(cc1=O)SCC2)n1c(S)c2c(cc1=O)SCC2. The van der Waals surface area contributed by atoms with Crippen LogP contribution in [0.15, 0.2) is 41.6 Å². The van der Waals surface area contributed by atoms with Crippen LogP contribution in [-0.4, -0.2) is 52.1 Å². The Labute approximate surface area is 268 Å². The molecule has 0 spiro atoms. The van der Waals surface area contributed by atoms with Crippen LogP contribution in [0.2, 0.25) is 0 Å². The van der Waals surface area contributed by atoms with Crippen LogP contribution >= 0.6 is 48.8 Å². The zero-order valence-electron chi connectivity index (χ0n) is 24.4. The lowest BCUT2D eigenvalue weighted by Crippen LogP contribution is -2.37. The van der Waals surface area contributed by atoms with Crippen LogP contribution < -0.4 is 11.1 Å². The Morgan fingerprint density at radius 1 is 0.707 bits per heavy atom. The van der Waals surface area contributed by atoms with E-state index in [1.807, 2.05) is 27.7 Å². The average Bonchev–Trinajstić information content (AvgIpc) is 3.53. The number of hydrogen-bond donors (Lipinski definition) is 2. The molecule has 0 amide bonds. The van der Waals surface area contributed by atoms with Gasteiger partial charge in [-0.25, -0.2) is 0 Å². The minimum atomic E-state index is -0.981. The van der Waals surface area contributed by atoms with Crippen LogP contribution in [-0.2, 0) is 45.5 Å². The van der Waals surface area contributed by atoms with Gasteiger partial charge in [0, 0.05) is 89.1 Å². The second-order valence-electron chi connectivity index (χ2n) is 12.0. The molecule has 0 saturated carbocycles. The van der Waals surface area contributed by atoms with Crippen molar-refractivity contribution in [1.82, 2.24) is 9.13 Å². The largest absolute Gasteiger partial charge is 0.297 e. The van der Waals surface area contributed by atoms with Crippen LogP contribution in [0.25, 0.3) is 0 Å². The molecule has 2 atom stereocenters. The molecular weight excluding hydrogens is 633 g/mol. The Balaban J connectivity index is 1.17. The number of fused-ring (bicyclic) bond motifs is 2. The van der Waals surface area contributed by atoms with Gasteiger partial charge in [-0.1, -0.05) is 0 Å². The van der Waals surface area contributed by atoms with Gasteiger partial charge < -0.3 is 0 Å². The molecule has 2 unspecified atom stereocenters. The van der Waals surface area contributed by atoms with Crippen molar-refractivity contribution in [2.24, 2.45) is 0 Å². The van der Waals surface area contributed by atoms with Gasteiger partial charge in [-0.2, -0.15) is 0 Å². The molecule has 2 aliphatic rings. The molecule has 0 saturated heterocycles. The summed E-state index contributed by atoms with van der Waals surface area (Å²) in [6.07, 6.45) is 5.50. The highest BCUT2D eigenvalue weighted by atomic mass is 32.2. The number of nitrogens with zero attached hydrogens (tertiary/aromatic N) is 2. The normalized spacial score (nSPS) is 16.5. The summed E-state index contributed by atoms with van der Waals surface area (Å²) in [6.45, 7) is 8.19. The molecule has 0 bridgehead atoms. The molecule has 12 heteroatoms. The zero-order chi connectivity index (χ0) is 29.9. The molecule has 0 aliphatic carbocycles. The first-order chi connectivity index (χ1) is 19.3.